The quantitative estimate of drug-likeness (QED) is 0.0520. The van der Waals surface area contributed by atoms with E-state index < -0.39 is 92.7 Å². The van der Waals surface area contributed by atoms with Crippen LogP contribution in [0.4, 0.5) is 0 Å². The summed E-state index contributed by atoms with van der Waals surface area (Å²) in [6.45, 7) is 1.76. The average molecular weight is 692 g/mol. The van der Waals surface area contributed by atoms with Gasteiger partial charge < -0.3 is 65.1 Å². The summed E-state index contributed by atoms with van der Waals surface area (Å²) in [6.07, 6.45) is 4.86. The molecule has 14 heteroatoms. The number of hydrogen-bond acceptors (Lipinski definition) is 13. The molecular formula is C34H61NO13. The van der Waals surface area contributed by atoms with Crippen LogP contribution in [0.5, 0.6) is 0 Å². The summed E-state index contributed by atoms with van der Waals surface area (Å²) in [5.41, 5.74) is 0. The molecule has 12 unspecified atom stereocenters. The van der Waals surface area contributed by atoms with Crippen LogP contribution in [-0.2, 0) is 23.7 Å². The fourth-order valence-electron chi connectivity index (χ4n) is 5.75. The number of carbonyl (C=O) groups excluding carboxylic acids is 1. The molecule has 2 aliphatic heterocycles. The monoisotopic (exact) mass is 691 g/mol. The number of amides is 1. The molecule has 12 atom stereocenters. The second kappa shape index (κ2) is 23.8. The fourth-order valence-corrected chi connectivity index (χ4v) is 5.75. The molecule has 0 aromatic rings. The maximum Gasteiger partial charge on any atom is 0.217 e. The lowest BCUT2D eigenvalue weighted by molar-refractivity contribution is -0.359. The van der Waals surface area contributed by atoms with E-state index in [0.29, 0.717) is 6.42 Å². The van der Waals surface area contributed by atoms with E-state index in [1.54, 1.807) is 12.2 Å². The number of unbranched alkanes of at least 4 members (excludes halogenated alkanes) is 10. The summed E-state index contributed by atoms with van der Waals surface area (Å²) in [6, 6.07) is -0.926. The third kappa shape index (κ3) is 14.4. The molecule has 0 bridgehead atoms. The van der Waals surface area contributed by atoms with E-state index in [2.05, 4.69) is 24.4 Å². The van der Waals surface area contributed by atoms with Gasteiger partial charge in [0.1, 0.15) is 48.8 Å². The normalized spacial score (nSPS) is 32.5. The molecule has 14 nitrogen and oxygen atoms in total. The van der Waals surface area contributed by atoms with Gasteiger partial charge in [-0.05, 0) is 25.7 Å². The Balaban J connectivity index is 1.80. The van der Waals surface area contributed by atoms with E-state index in [0.717, 1.165) is 12.8 Å². The molecule has 2 fully saturated rings. The van der Waals surface area contributed by atoms with Gasteiger partial charge in [0, 0.05) is 6.92 Å². The summed E-state index contributed by atoms with van der Waals surface area (Å²) in [5.74, 6) is -0.429. The van der Waals surface area contributed by atoms with Crippen molar-refractivity contribution in [2.45, 2.75) is 164 Å². The Bertz CT molecular complexity index is 919. The van der Waals surface area contributed by atoms with E-state index in [9.17, 15) is 45.6 Å². The van der Waals surface area contributed by atoms with Gasteiger partial charge in [-0.25, -0.2) is 0 Å². The molecule has 0 aromatic carbocycles. The second-order valence-electron chi connectivity index (χ2n) is 12.7. The third-order valence-corrected chi connectivity index (χ3v) is 8.68. The zero-order valence-corrected chi connectivity index (χ0v) is 28.5. The van der Waals surface area contributed by atoms with Crippen LogP contribution < -0.4 is 5.32 Å². The van der Waals surface area contributed by atoms with E-state index in [1.807, 2.05) is 0 Å². The van der Waals surface area contributed by atoms with Gasteiger partial charge in [-0.2, -0.15) is 0 Å². The predicted octanol–water partition coefficient (Wildman–Crippen LogP) is 0.306. The van der Waals surface area contributed by atoms with Crippen LogP contribution in [0.1, 0.15) is 90.9 Å². The van der Waals surface area contributed by atoms with Crippen LogP contribution in [0.3, 0.4) is 0 Å². The zero-order valence-electron chi connectivity index (χ0n) is 28.5. The van der Waals surface area contributed by atoms with Gasteiger partial charge >= 0.3 is 0 Å². The van der Waals surface area contributed by atoms with Crippen molar-refractivity contribution in [1.82, 2.24) is 5.32 Å². The summed E-state index contributed by atoms with van der Waals surface area (Å²) >= 11 is 0. The van der Waals surface area contributed by atoms with Crippen molar-refractivity contribution in [3.05, 3.63) is 24.3 Å². The Morgan fingerprint density at radius 3 is 1.92 bits per heavy atom. The average Bonchev–Trinajstić information content (AvgIpc) is 3.07. The molecule has 9 N–H and O–H groups in total. The molecule has 0 aromatic heterocycles. The molecule has 0 radical (unpaired) electrons. The van der Waals surface area contributed by atoms with Crippen molar-refractivity contribution in [3.63, 3.8) is 0 Å². The molecule has 48 heavy (non-hydrogen) atoms. The highest BCUT2D eigenvalue weighted by molar-refractivity contribution is 5.73. The molecule has 2 heterocycles. The van der Waals surface area contributed by atoms with E-state index >= 15 is 0 Å². The number of carbonyl (C=O) groups is 1. The topological polar surface area (TPSA) is 228 Å². The highest BCUT2D eigenvalue weighted by Crippen LogP contribution is 2.29. The number of hydrogen-bond donors (Lipinski definition) is 9. The molecule has 2 rings (SSSR count). The van der Waals surface area contributed by atoms with E-state index in [-0.39, 0.29) is 6.61 Å². The van der Waals surface area contributed by atoms with Crippen LogP contribution in [0.15, 0.2) is 24.3 Å². The number of allylic oxidation sites excluding steroid dienone is 3. The van der Waals surface area contributed by atoms with E-state index in [4.69, 9.17) is 18.9 Å². The van der Waals surface area contributed by atoms with E-state index in [1.165, 1.54) is 64.7 Å². The van der Waals surface area contributed by atoms with Gasteiger partial charge in [0.15, 0.2) is 12.6 Å². The largest absolute Gasteiger partial charge is 0.394 e. The van der Waals surface area contributed by atoms with Gasteiger partial charge in [0.05, 0.1) is 32.0 Å². The Hall–Kier alpha value is -1.53. The first-order valence-corrected chi connectivity index (χ1v) is 17.5. The van der Waals surface area contributed by atoms with Crippen molar-refractivity contribution in [2.24, 2.45) is 0 Å². The Morgan fingerprint density at radius 1 is 0.729 bits per heavy atom. The third-order valence-electron chi connectivity index (χ3n) is 8.68. The van der Waals surface area contributed by atoms with Crippen molar-refractivity contribution in [2.75, 3.05) is 19.8 Å². The smallest absolute Gasteiger partial charge is 0.217 e. The Morgan fingerprint density at radius 2 is 1.29 bits per heavy atom. The van der Waals surface area contributed by atoms with Crippen LogP contribution in [0, 0.1) is 0 Å². The molecule has 1 amide bonds. The van der Waals surface area contributed by atoms with Crippen molar-refractivity contribution < 1.29 is 64.6 Å². The number of aliphatic hydroxyl groups is 8. The van der Waals surface area contributed by atoms with Gasteiger partial charge in [-0.3, -0.25) is 4.79 Å². The van der Waals surface area contributed by atoms with Crippen LogP contribution >= 0.6 is 0 Å². The standard InChI is InChI=1S/C34H61NO13/c1-3-4-5-6-7-8-9-10-11-12-13-14-15-16-17-18-24(39)23(35-22(2)38)21-45-33-31(44)29(42)32(26(20-37)47-33)48-34-30(43)28(41)27(40)25(19-36)46-34/h13-14,17-18,23-34,36-37,39-44H,3-12,15-16,19-21H2,1-2H3,(H,35,38)/b14-13+,18-17+. The molecule has 280 valence electrons. The number of aliphatic hydroxyl groups excluding tert-OH is 8. The van der Waals surface area contributed by atoms with Crippen LogP contribution in [0.2, 0.25) is 0 Å². The Labute approximate surface area is 284 Å². The van der Waals surface area contributed by atoms with Crippen LogP contribution in [0.25, 0.3) is 0 Å². The lowest BCUT2D eigenvalue weighted by Crippen LogP contribution is -2.65. The van der Waals surface area contributed by atoms with Crippen molar-refractivity contribution in [1.29, 1.82) is 0 Å². The van der Waals surface area contributed by atoms with Gasteiger partial charge in [0.2, 0.25) is 5.91 Å². The number of rotatable bonds is 23. The highest BCUT2D eigenvalue weighted by atomic mass is 16.7. The van der Waals surface area contributed by atoms with Gasteiger partial charge in [0.25, 0.3) is 0 Å². The number of ether oxygens (including phenoxy) is 4. The Kier molecular flexibility index (Phi) is 21.1. The predicted molar refractivity (Wildman–Crippen MR) is 175 cm³/mol. The lowest BCUT2D eigenvalue weighted by atomic mass is 9.97. The van der Waals surface area contributed by atoms with Gasteiger partial charge in [-0.1, -0.05) is 82.6 Å². The highest BCUT2D eigenvalue weighted by Gasteiger charge is 2.50. The van der Waals surface area contributed by atoms with Gasteiger partial charge in [-0.15, -0.1) is 0 Å². The molecule has 2 aliphatic rings. The molecular weight excluding hydrogens is 630 g/mol. The summed E-state index contributed by atoms with van der Waals surface area (Å²) in [4.78, 5) is 11.8. The second-order valence-corrected chi connectivity index (χ2v) is 12.7. The maximum atomic E-state index is 11.8. The number of nitrogens with one attached hydrogen (secondary N) is 1. The summed E-state index contributed by atoms with van der Waals surface area (Å²) in [5, 5.41) is 84.5. The molecule has 2 saturated heterocycles. The van der Waals surface area contributed by atoms with Crippen LogP contribution in [-0.4, -0.2) is 140 Å². The van der Waals surface area contributed by atoms with Crippen molar-refractivity contribution >= 4 is 5.91 Å². The summed E-state index contributed by atoms with van der Waals surface area (Å²) < 4.78 is 22.1. The molecule has 0 spiro atoms. The molecule has 0 aliphatic carbocycles. The minimum Gasteiger partial charge on any atom is -0.394 e. The SMILES string of the molecule is CCCCCCCCCCC/C=C/CC/C=C/C(O)C(COC1OC(CO)C(OC2OC(CO)C(O)C(O)C2O)C(O)C1O)NC(C)=O. The first kappa shape index (κ1) is 42.6. The summed E-state index contributed by atoms with van der Waals surface area (Å²) in [7, 11) is 0. The maximum absolute atomic E-state index is 11.8. The van der Waals surface area contributed by atoms with Crippen molar-refractivity contribution in [3.8, 4) is 0 Å². The molecule has 0 saturated carbocycles. The lowest BCUT2D eigenvalue weighted by Gasteiger charge is -2.46. The fraction of sp³-hybridized carbons (Fsp3) is 0.853. The zero-order chi connectivity index (χ0) is 35.5. The first-order chi connectivity index (χ1) is 23.0. The minimum absolute atomic E-state index is 0.325. The minimum atomic E-state index is -1.78. The first-order valence-electron chi connectivity index (χ1n) is 17.5.